The smallest absolute Gasteiger partial charge is 0.339 e. The van der Waals surface area contributed by atoms with Gasteiger partial charge in [-0.3, -0.25) is 9.59 Å². The second-order valence-electron chi connectivity index (χ2n) is 8.64. The first-order valence-corrected chi connectivity index (χ1v) is 11.8. The van der Waals surface area contributed by atoms with E-state index in [1.807, 2.05) is 13.8 Å². The molecule has 0 aliphatic heterocycles. The summed E-state index contributed by atoms with van der Waals surface area (Å²) in [7, 11) is 0. The van der Waals surface area contributed by atoms with E-state index in [4.69, 9.17) is 20.8 Å². The molecular weight excluding hydrogens is 482 g/mol. The fraction of sp³-hybridized carbons (Fsp3) is 0.259. The van der Waals surface area contributed by atoms with Gasteiger partial charge in [-0.15, -0.1) is 0 Å². The predicted octanol–water partition coefficient (Wildman–Crippen LogP) is 5.07. The van der Waals surface area contributed by atoms with Gasteiger partial charge in [-0.05, 0) is 56.2 Å². The molecular formula is C27H28ClN3O5. The molecule has 0 fully saturated rings. The van der Waals surface area contributed by atoms with E-state index in [1.165, 1.54) is 12.3 Å². The maximum Gasteiger partial charge on any atom is 0.339 e. The summed E-state index contributed by atoms with van der Waals surface area (Å²) in [5, 5.41) is 7.10. The summed E-state index contributed by atoms with van der Waals surface area (Å²) < 4.78 is 11.1. The van der Waals surface area contributed by atoms with Crippen LogP contribution in [-0.4, -0.2) is 36.1 Å². The summed E-state index contributed by atoms with van der Waals surface area (Å²) >= 11 is 5.95. The Morgan fingerprint density at radius 3 is 2.44 bits per heavy atom. The maximum atomic E-state index is 12.7. The van der Waals surface area contributed by atoms with Crippen LogP contribution in [0.5, 0.6) is 0 Å². The lowest BCUT2D eigenvalue weighted by Crippen LogP contribution is -2.48. The highest BCUT2D eigenvalue weighted by atomic mass is 35.5. The summed E-state index contributed by atoms with van der Waals surface area (Å²) in [6, 6.07) is 16.0. The van der Waals surface area contributed by atoms with Crippen LogP contribution in [-0.2, 0) is 9.53 Å². The minimum atomic E-state index is -0.820. The van der Waals surface area contributed by atoms with E-state index in [-0.39, 0.29) is 12.0 Å². The highest BCUT2D eigenvalue weighted by molar-refractivity contribution is 6.31. The Kier molecular flexibility index (Phi) is 9.02. The normalized spacial score (nSPS) is 12.1. The Hall–Kier alpha value is -3.91. The summed E-state index contributed by atoms with van der Waals surface area (Å²) in [5.41, 5.74) is 3.75. The summed E-state index contributed by atoms with van der Waals surface area (Å²) in [6.07, 6.45) is 1.09. The number of amides is 2. The average Bonchev–Trinajstić information content (AvgIpc) is 3.30. The number of carbonyl (C=O) groups excluding carboxylic acids is 3. The summed E-state index contributed by atoms with van der Waals surface area (Å²) in [5.74, 6) is -0.722. The first-order valence-electron chi connectivity index (χ1n) is 11.4. The van der Waals surface area contributed by atoms with Crippen molar-refractivity contribution in [2.24, 2.45) is 11.0 Å². The number of hydrazone groups is 1. The third-order valence-corrected chi connectivity index (χ3v) is 5.31. The van der Waals surface area contributed by atoms with Gasteiger partial charge in [-0.2, -0.15) is 5.10 Å². The standard InChI is InChI=1S/C27H28ClN3O5/c1-16(2)24(30-25(32)18-8-7-9-19(28)14-18)26(33)31-29-15-20-12-13-23(36-20)21-10-5-6-11-22(21)27(34)35-17(3)4/h5-17,24H,1-4H3,(H,30,32)(H,31,33). The van der Waals surface area contributed by atoms with Crippen molar-refractivity contribution >= 4 is 35.6 Å². The van der Waals surface area contributed by atoms with Crippen LogP contribution in [0.25, 0.3) is 11.3 Å². The molecule has 0 aliphatic rings. The lowest BCUT2D eigenvalue weighted by Gasteiger charge is -2.20. The largest absolute Gasteiger partial charge is 0.459 e. The number of benzene rings is 2. The van der Waals surface area contributed by atoms with Gasteiger partial charge in [0.05, 0.1) is 17.9 Å². The van der Waals surface area contributed by atoms with E-state index in [0.717, 1.165) is 0 Å². The minimum absolute atomic E-state index is 0.194. The molecule has 1 atom stereocenters. The molecule has 0 radical (unpaired) electrons. The van der Waals surface area contributed by atoms with Crippen LogP contribution in [0.3, 0.4) is 0 Å². The van der Waals surface area contributed by atoms with Crippen LogP contribution in [0.1, 0.15) is 54.2 Å². The first-order chi connectivity index (χ1) is 17.2. The number of furan rings is 1. The molecule has 0 bridgehead atoms. The topological polar surface area (TPSA) is 110 Å². The third-order valence-electron chi connectivity index (χ3n) is 5.07. The number of hydrogen-bond donors (Lipinski definition) is 2. The number of esters is 1. The van der Waals surface area contributed by atoms with Crippen LogP contribution in [0.2, 0.25) is 5.02 Å². The Bertz CT molecular complexity index is 1270. The fourth-order valence-corrected chi connectivity index (χ4v) is 3.53. The van der Waals surface area contributed by atoms with Crippen molar-refractivity contribution in [3.05, 3.63) is 82.6 Å². The van der Waals surface area contributed by atoms with Crippen molar-refractivity contribution < 1.29 is 23.5 Å². The quantitative estimate of drug-likeness (QED) is 0.238. The number of ether oxygens (including phenoxy) is 1. The van der Waals surface area contributed by atoms with Crippen molar-refractivity contribution in [3.63, 3.8) is 0 Å². The SMILES string of the molecule is CC(C)OC(=O)c1ccccc1-c1ccc(C=NNC(=O)C(NC(=O)c2cccc(Cl)c2)C(C)C)o1. The molecule has 2 aromatic carbocycles. The minimum Gasteiger partial charge on any atom is -0.459 e. The van der Waals surface area contributed by atoms with Gasteiger partial charge in [-0.25, -0.2) is 10.2 Å². The number of carbonyl (C=O) groups is 3. The molecule has 1 aromatic heterocycles. The maximum absolute atomic E-state index is 12.7. The Labute approximate surface area is 214 Å². The van der Waals surface area contributed by atoms with Crippen molar-refractivity contribution in [1.82, 2.24) is 10.7 Å². The van der Waals surface area contributed by atoms with E-state index in [0.29, 0.717) is 33.2 Å². The number of nitrogens with one attached hydrogen (secondary N) is 2. The number of hydrogen-bond acceptors (Lipinski definition) is 6. The summed E-state index contributed by atoms with van der Waals surface area (Å²) in [6.45, 7) is 7.19. The van der Waals surface area contributed by atoms with Gasteiger partial charge in [0.1, 0.15) is 17.6 Å². The highest BCUT2D eigenvalue weighted by Gasteiger charge is 2.24. The van der Waals surface area contributed by atoms with E-state index >= 15 is 0 Å². The summed E-state index contributed by atoms with van der Waals surface area (Å²) in [4.78, 5) is 37.7. The molecule has 0 saturated carbocycles. The molecule has 1 unspecified atom stereocenters. The van der Waals surface area contributed by atoms with Gasteiger partial charge in [0.25, 0.3) is 11.8 Å². The zero-order chi connectivity index (χ0) is 26.2. The van der Waals surface area contributed by atoms with Gasteiger partial charge in [-0.1, -0.05) is 49.7 Å². The van der Waals surface area contributed by atoms with Gasteiger partial charge >= 0.3 is 5.97 Å². The van der Waals surface area contributed by atoms with Crippen molar-refractivity contribution in [1.29, 1.82) is 0 Å². The molecule has 9 heteroatoms. The predicted molar refractivity (Wildman–Crippen MR) is 138 cm³/mol. The van der Waals surface area contributed by atoms with Crippen LogP contribution >= 0.6 is 11.6 Å². The molecule has 2 amide bonds. The zero-order valence-corrected chi connectivity index (χ0v) is 21.2. The lowest BCUT2D eigenvalue weighted by molar-refractivity contribution is -0.123. The zero-order valence-electron chi connectivity index (χ0n) is 20.4. The van der Waals surface area contributed by atoms with Gasteiger partial charge in [0, 0.05) is 16.1 Å². The molecule has 0 saturated heterocycles. The van der Waals surface area contributed by atoms with E-state index in [9.17, 15) is 14.4 Å². The first kappa shape index (κ1) is 26.7. The van der Waals surface area contributed by atoms with Gasteiger partial charge in [0.15, 0.2) is 0 Å². The fourth-order valence-electron chi connectivity index (χ4n) is 3.34. The third kappa shape index (κ3) is 7.05. The highest BCUT2D eigenvalue weighted by Crippen LogP contribution is 2.26. The van der Waals surface area contributed by atoms with Crippen molar-refractivity contribution in [2.75, 3.05) is 0 Å². The molecule has 2 N–H and O–H groups in total. The van der Waals surface area contributed by atoms with Crippen LogP contribution in [0, 0.1) is 5.92 Å². The van der Waals surface area contributed by atoms with Crippen molar-refractivity contribution in [2.45, 2.75) is 39.8 Å². The van der Waals surface area contributed by atoms with Crippen LogP contribution in [0.15, 0.2) is 70.2 Å². The van der Waals surface area contributed by atoms with E-state index in [2.05, 4.69) is 15.8 Å². The number of halogens is 1. The Morgan fingerprint density at radius 2 is 1.75 bits per heavy atom. The van der Waals surface area contributed by atoms with Crippen LogP contribution in [0.4, 0.5) is 0 Å². The Morgan fingerprint density at radius 1 is 1.00 bits per heavy atom. The monoisotopic (exact) mass is 509 g/mol. The Balaban J connectivity index is 1.67. The van der Waals surface area contributed by atoms with Gasteiger partial charge < -0.3 is 14.5 Å². The number of rotatable bonds is 9. The van der Waals surface area contributed by atoms with Gasteiger partial charge in [0.2, 0.25) is 0 Å². The molecule has 8 nitrogen and oxygen atoms in total. The lowest BCUT2D eigenvalue weighted by atomic mass is 10.0. The van der Waals surface area contributed by atoms with E-state index < -0.39 is 23.8 Å². The molecule has 36 heavy (non-hydrogen) atoms. The molecule has 1 heterocycles. The second-order valence-corrected chi connectivity index (χ2v) is 9.08. The molecule has 0 spiro atoms. The number of nitrogens with zero attached hydrogens (tertiary/aromatic N) is 1. The second kappa shape index (κ2) is 12.2. The molecule has 188 valence electrons. The molecule has 3 rings (SSSR count). The van der Waals surface area contributed by atoms with Crippen molar-refractivity contribution in [3.8, 4) is 11.3 Å². The molecule has 3 aromatic rings. The van der Waals surface area contributed by atoms with E-state index in [1.54, 1.807) is 68.4 Å². The molecule has 0 aliphatic carbocycles. The average molecular weight is 510 g/mol. The van der Waals surface area contributed by atoms with Crippen LogP contribution < -0.4 is 10.7 Å².